The van der Waals surface area contributed by atoms with E-state index in [2.05, 4.69) is 33.5 Å². The van der Waals surface area contributed by atoms with Gasteiger partial charge in [-0.15, -0.1) is 0 Å². The summed E-state index contributed by atoms with van der Waals surface area (Å²) in [5.41, 5.74) is 4.31. The fourth-order valence-electron chi connectivity index (χ4n) is 2.05. The van der Waals surface area contributed by atoms with E-state index in [0.717, 1.165) is 28.0 Å². The second-order valence-corrected chi connectivity index (χ2v) is 5.33. The molecule has 1 aromatic carbocycles. The number of anilines is 1. The highest BCUT2D eigenvalue weighted by molar-refractivity contribution is 7.98. The second kappa shape index (κ2) is 5.92. The van der Waals surface area contributed by atoms with Gasteiger partial charge >= 0.3 is 0 Å². The zero-order valence-corrected chi connectivity index (χ0v) is 12.0. The van der Waals surface area contributed by atoms with Crippen LogP contribution in [0.2, 0.25) is 0 Å². The number of thioether (sulfide) groups is 1. The van der Waals surface area contributed by atoms with Crippen LogP contribution in [0.3, 0.4) is 0 Å². The summed E-state index contributed by atoms with van der Waals surface area (Å²) < 4.78 is 0. The maximum absolute atomic E-state index is 4.55. The Labute approximate surface area is 122 Å². The van der Waals surface area contributed by atoms with Crippen molar-refractivity contribution in [2.75, 3.05) is 12.4 Å². The summed E-state index contributed by atoms with van der Waals surface area (Å²) in [6, 6.07) is 18.2. The number of fused-ring (bicyclic) bond motifs is 1. The number of imidazole rings is 1. The quantitative estimate of drug-likeness (QED) is 0.736. The summed E-state index contributed by atoms with van der Waals surface area (Å²) in [6.07, 6.45) is 0. The van der Waals surface area contributed by atoms with Crippen LogP contribution in [-0.2, 0) is 5.75 Å². The molecule has 4 heteroatoms. The lowest BCUT2D eigenvalue weighted by atomic mass is 10.2. The molecule has 0 saturated carbocycles. The van der Waals surface area contributed by atoms with Crippen LogP contribution < -0.4 is 5.32 Å². The van der Waals surface area contributed by atoms with Gasteiger partial charge in [0, 0.05) is 18.5 Å². The van der Waals surface area contributed by atoms with Gasteiger partial charge in [0.25, 0.3) is 0 Å². The van der Waals surface area contributed by atoms with Crippen molar-refractivity contribution in [2.24, 2.45) is 0 Å². The molecule has 20 heavy (non-hydrogen) atoms. The zero-order valence-electron chi connectivity index (χ0n) is 11.2. The minimum absolute atomic E-state index is 0.831. The van der Waals surface area contributed by atoms with E-state index in [-0.39, 0.29) is 0 Å². The van der Waals surface area contributed by atoms with Gasteiger partial charge in [-0.2, -0.15) is 0 Å². The van der Waals surface area contributed by atoms with Crippen LogP contribution in [0.5, 0.6) is 0 Å². The normalized spacial score (nSPS) is 10.7. The smallest absolute Gasteiger partial charge is 0.189 e. The van der Waals surface area contributed by atoms with Gasteiger partial charge in [0.2, 0.25) is 0 Å². The largest absolute Gasteiger partial charge is 0.388 e. The first-order valence-corrected chi connectivity index (χ1v) is 7.46. The fraction of sp³-hybridized carbons (Fsp3) is 0.125. The number of rotatable bonds is 4. The second-order valence-electron chi connectivity index (χ2n) is 4.38. The Morgan fingerprint density at radius 3 is 2.25 bits per heavy atom. The Morgan fingerprint density at radius 2 is 1.55 bits per heavy atom. The molecule has 3 nitrogen and oxygen atoms in total. The van der Waals surface area contributed by atoms with Crippen LogP contribution in [0, 0.1) is 0 Å². The molecule has 1 aromatic rings. The zero-order chi connectivity index (χ0) is 13.8. The topological polar surface area (TPSA) is 37.8 Å². The Bertz CT molecular complexity index is 653. The van der Waals surface area contributed by atoms with Gasteiger partial charge in [-0.05, 0) is 23.8 Å². The number of nitrogens with zero attached hydrogens (tertiary/aromatic N) is 2. The molecule has 0 aromatic heterocycles. The third-order valence-electron chi connectivity index (χ3n) is 3.07. The van der Waals surface area contributed by atoms with Crippen LogP contribution in [0.15, 0.2) is 59.8 Å². The molecule has 0 spiro atoms. The number of para-hydroxylation sites is 1. The molecule has 3 rings (SSSR count). The number of nitrogens with one attached hydrogen (secondary N) is 1. The molecule has 0 radical (unpaired) electrons. The van der Waals surface area contributed by atoms with Gasteiger partial charge in [-0.3, -0.25) is 0 Å². The molecule has 1 N–H and O–H groups in total. The van der Waals surface area contributed by atoms with E-state index in [1.54, 1.807) is 11.8 Å². The van der Waals surface area contributed by atoms with Gasteiger partial charge in [0.15, 0.2) is 5.16 Å². The Morgan fingerprint density at radius 1 is 0.900 bits per heavy atom. The van der Waals surface area contributed by atoms with Crippen molar-refractivity contribution >= 4 is 17.4 Å². The highest BCUT2D eigenvalue weighted by atomic mass is 32.2. The average molecular weight is 281 g/mol. The number of benzene rings is 1. The SMILES string of the molecule is CNc1ccccc1CSc1nc2cccccc-2n1. The van der Waals surface area contributed by atoms with E-state index in [0.29, 0.717) is 0 Å². The highest BCUT2D eigenvalue weighted by Crippen LogP contribution is 2.28. The molecule has 0 bridgehead atoms. The van der Waals surface area contributed by atoms with Crippen molar-refractivity contribution in [1.29, 1.82) is 0 Å². The van der Waals surface area contributed by atoms with Gasteiger partial charge in [0.05, 0.1) is 11.4 Å². The third-order valence-corrected chi connectivity index (χ3v) is 3.96. The van der Waals surface area contributed by atoms with E-state index in [9.17, 15) is 0 Å². The maximum Gasteiger partial charge on any atom is 0.189 e. The van der Waals surface area contributed by atoms with Crippen LogP contribution >= 0.6 is 11.8 Å². The minimum atomic E-state index is 0.831. The molecule has 0 atom stereocenters. The van der Waals surface area contributed by atoms with Crippen LogP contribution in [-0.4, -0.2) is 17.0 Å². The van der Waals surface area contributed by atoms with Crippen LogP contribution in [0.25, 0.3) is 11.4 Å². The highest BCUT2D eigenvalue weighted by Gasteiger charge is 2.10. The fourth-order valence-corrected chi connectivity index (χ4v) is 2.91. The lowest BCUT2D eigenvalue weighted by molar-refractivity contribution is 1.07. The van der Waals surface area contributed by atoms with Gasteiger partial charge in [0.1, 0.15) is 0 Å². The minimum Gasteiger partial charge on any atom is -0.388 e. The lowest BCUT2D eigenvalue weighted by Crippen LogP contribution is -1.93. The van der Waals surface area contributed by atoms with Crippen molar-refractivity contribution in [3.63, 3.8) is 0 Å². The summed E-state index contributed by atoms with van der Waals surface area (Å²) in [5, 5.41) is 4.04. The van der Waals surface area contributed by atoms with Gasteiger partial charge in [-0.25, -0.2) is 9.97 Å². The molecule has 0 amide bonds. The summed E-state index contributed by atoms with van der Waals surface area (Å²) in [5.74, 6) is 0.861. The maximum atomic E-state index is 4.55. The monoisotopic (exact) mass is 281 g/mol. The van der Waals surface area contributed by atoms with Gasteiger partial charge in [-0.1, -0.05) is 48.2 Å². The standard InChI is InChI=1S/C16H15N3S/c1-17-13-8-6-5-7-12(13)11-20-16-18-14-9-3-2-4-10-15(14)19-16/h2-10,17H,11H2,1H3. The Balaban J connectivity index is 1.79. The summed E-state index contributed by atoms with van der Waals surface area (Å²) in [6.45, 7) is 0. The first-order valence-electron chi connectivity index (χ1n) is 6.48. The number of aromatic nitrogens is 2. The van der Waals surface area contributed by atoms with Crippen LogP contribution in [0.1, 0.15) is 5.56 Å². The number of hydrogen-bond donors (Lipinski definition) is 1. The molecule has 0 fully saturated rings. The van der Waals surface area contributed by atoms with Crippen molar-refractivity contribution in [3.05, 3.63) is 60.2 Å². The summed E-state index contributed by atoms with van der Waals surface area (Å²) >= 11 is 1.66. The Kier molecular flexibility index (Phi) is 3.83. The summed E-state index contributed by atoms with van der Waals surface area (Å²) in [7, 11) is 1.94. The molecule has 100 valence electrons. The molecule has 1 aliphatic carbocycles. The first-order chi connectivity index (χ1) is 9.86. The van der Waals surface area contributed by atoms with E-state index in [4.69, 9.17) is 0 Å². The van der Waals surface area contributed by atoms with E-state index in [1.165, 1.54) is 5.56 Å². The van der Waals surface area contributed by atoms with Crippen molar-refractivity contribution in [3.8, 4) is 11.4 Å². The lowest BCUT2D eigenvalue weighted by Gasteiger charge is -2.06. The molecular weight excluding hydrogens is 266 g/mol. The van der Waals surface area contributed by atoms with Crippen molar-refractivity contribution < 1.29 is 0 Å². The average Bonchev–Trinajstić information content (AvgIpc) is 2.75. The molecule has 0 saturated heterocycles. The van der Waals surface area contributed by atoms with E-state index in [1.807, 2.05) is 43.4 Å². The van der Waals surface area contributed by atoms with Gasteiger partial charge < -0.3 is 5.32 Å². The van der Waals surface area contributed by atoms with Crippen molar-refractivity contribution in [2.45, 2.75) is 10.9 Å². The molecule has 2 aliphatic rings. The molecular formula is C16H15N3S. The molecule has 1 heterocycles. The molecule has 1 aliphatic heterocycles. The van der Waals surface area contributed by atoms with E-state index >= 15 is 0 Å². The van der Waals surface area contributed by atoms with Crippen molar-refractivity contribution in [1.82, 2.24) is 9.97 Å². The summed E-state index contributed by atoms with van der Waals surface area (Å²) in [4.78, 5) is 9.11. The van der Waals surface area contributed by atoms with Crippen LogP contribution in [0.4, 0.5) is 5.69 Å². The predicted octanol–water partition coefficient (Wildman–Crippen LogP) is 3.92. The van der Waals surface area contributed by atoms with E-state index < -0.39 is 0 Å². The first kappa shape index (κ1) is 12.9. The predicted molar refractivity (Wildman–Crippen MR) is 84.2 cm³/mol. The Hall–Kier alpha value is -2.07. The third kappa shape index (κ3) is 2.75. The number of hydrogen-bond acceptors (Lipinski definition) is 4. The molecule has 0 unspecified atom stereocenters.